The number of Topliss-reactive ketones (excluding diaryl/α,β-unsaturated/α-hetero) is 1. The van der Waals surface area contributed by atoms with E-state index in [2.05, 4.69) is 18.1 Å². The Balaban J connectivity index is 2.11. The Hall–Kier alpha value is -2.55. The van der Waals surface area contributed by atoms with Gasteiger partial charge in [0.2, 0.25) is 5.88 Å². The number of nitrogens with zero attached hydrogens (tertiary/aromatic N) is 3. The van der Waals surface area contributed by atoms with Gasteiger partial charge in [-0.05, 0) is 17.9 Å². The predicted octanol–water partition coefficient (Wildman–Crippen LogP) is 2.74. The van der Waals surface area contributed by atoms with Crippen molar-refractivity contribution in [2.24, 2.45) is 11.1 Å². The number of ketones is 1. The molecule has 126 valence electrons. The third kappa shape index (κ3) is 2.71. The van der Waals surface area contributed by atoms with Gasteiger partial charge in [-0.1, -0.05) is 20.8 Å². The van der Waals surface area contributed by atoms with Crippen LogP contribution < -0.4 is 5.73 Å². The van der Waals surface area contributed by atoms with Crippen molar-refractivity contribution in [3.05, 3.63) is 40.7 Å². The van der Waals surface area contributed by atoms with Gasteiger partial charge in [0, 0.05) is 31.2 Å². The van der Waals surface area contributed by atoms with Gasteiger partial charge in [-0.3, -0.25) is 9.48 Å². The van der Waals surface area contributed by atoms with E-state index in [1.165, 1.54) is 0 Å². The summed E-state index contributed by atoms with van der Waals surface area (Å²) >= 11 is 0. The standard InChI is InChI=1S/C18H22N4O2/c1-4-6-22-7-5-12(21-22)15-11(10-19)17(20)24-14-9-18(2,3)8-13(23)16(14)15/h5,7,15H,4,6,8-9,20H2,1-3H3/t15-/m0/s1. The van der Waals surface area contributed by atoms with E-state index in [0.717, 1.165) is 13.0 Å². The van der Waals surface area contributed by atoms with Crippen molar-refractivity contribution < 1.29 is 9.53 Å². The lowest BCUT2D eigenvalue weighted by Gasteiger charge is -2.36. The van der Waals surface area contributed by atoms with Crippen LogP contribution in [0.4, 0.5) is 0 Å². The molecule has 1 aliphatic carbocycles. The van der Waals surface area contributed by atoms with Crippen molar-refractivity contribution >= 4 is 5.78 Å². The molecular formula is C18H22N4O2. The van der Waals surface area contributed by atoms with Gasteiger partial charge in [-0.25, -0.2) is 0 Å². The van der Waals surface area contributed by atoms with Crippen LogP contribution in [0.25, 0.3) is 0 Å². The lowest BCUT2D eigenvalue weighted by Crippen LogP contribution is -2.33. The van der Waals surface area contributed by atoms with Crippen molar-refractivity contribution in [2.45, 2.75) is 52.5 Å². The lowest BCUT2D eigenvalue weighted by molar-refractivity contribution is -0.119. The number of nitriles is 1. The molecule has 0 saturated heterocycles. The van der Waals surface area contributed by atoms with Crippen molar-refractivity contribution in [1.82, 2.24) is 9.78 Å². The van der Waals surface area contributed by atoms with Crippen LogP contribution in [0.5, 0.6) is 0 Å². The Morgan fingerprint density at radius 1 is 1.50 bits per heavy atom. The molecule has 2 heterocycles. The van der Waals surface area contributed by atoms with Crippen molar-refractivity contribution in [3.63, 3.8) is 0 Å². The van der Waals surface area contributed by atoms with E-state index in [1.54, 1.807) is 0 Å². The van der Waals surface area contributed by atoms with Crippen molar-refractivity contribution in [3.8, 4) is 6.07 Å². The maximum absolute atomic E-state index is 12.8. The van der Waals surface area contributed by atoms with Crippen molar-refractivity contribution in [2.75, 3.05) is 0 Å². The van der Waals surface area contributed by atoms with E-state index < -0.39 is 5.92 Å². The van der Waals surface area contributed by atoms with Crippen LogP contribution in [0.3, 0.4) is 0 Å². The minimum absolute atomic E-state index is 0.0107. The second kappa shape index (κ2) is 5.82. The molecule has 0 unspecified atom stereocenters. The van der Waals surface area contributed by atoms with Crippen LogP contribution in [-0.2, 0) is 16.1 Å². The smallest absolute Gasteiger partial charge is 0.205 e. The van der Waals surface area contributed by atoms with E-state index in [9.17, 15) is 10.1 Å². The summed E-state index contributed by atoms with van der Waals surface area (Å²) in [6.07, 6.45) is 3.88. The highest BCUT2D eigenvalue weighted by atomic mass is 16.5. The third-order valence-electron chi connectivity index (χ3n) is 4.49. The molecule has 2 N–H and O–H groups in total. The fourth-order valence-electron chi connectivity index (χ4n) is 3.47. The van der Waals surface area contributed by atoms with Gasteiger partial charge < -0.3 is 10.5 Å². The highest BCUT2D eigenvalue weighted by Gasteiger charge is 2.43. The number of hydrogen-bond donors (Lipinski definition) is 1. The van der Waals surface area contributed by atoms with E-state index >= 15 is 0 Å². The second-order valence-electron chi connectivity index (χ2n) is 7.21. The lowest BCUT2D eigenvalue weighted by atomic mass is 9.71. The van der Waals surface area contributed by atoms with Gasteiger partial charge in [0.25, 0.3) is 0 Å². The van der Waals surface area contributed by atoms with E-state index in [0.29, 0.717) is 29.9 Å². The molecule has 0 bridgehead atoms. The Morgan fingerprint density at radius 2 is 2.25 bits per heavy atom. The number of allylic oxidation sites excluding steroid dienone is 3. The van der Waals surface area contributed by atoms with Crippen LogP contribution in [0.2, 0.25) is 0 Å². The first-order valence-corrected chi connectivity index (χ1v) is 8.23. The van der Waals surface area contributed by atoms with Crippen molar-refractivity contribution in [1.29, 1.82) is 5.26 Å². The zero-order valence-corrected chi connectivity index (χ0v) is 14.3. The molecule has 6 heteroatoms. The molecule has 24 heavy (non-hydrogen) atoms. The number of aromatic nitrogens is 2. The van der Waals surface area contributed by atoms with Gasteiger partial charge in [0.05, 0.1) is 11.6 Å². The highest BCUT2D eigenvalue weighted by Crippen LogP contribution is 2.47. The van der Waals surface area contributed by atoms with Gasteiger partial charge in [0.1, 0.15) is 17.4 Å². The number of carbonyl (C=O) groups excluding carboxylic acids is 1. The first kappa shape index (κ1) is 16.3. The normalized spacial score (nSPS) is 22.9. The summed E-state index contributed by atoms with van der Waals surface area (Å²) in [5.74, 6) is 0.150. The fourth-order valence-corrected chi connectivity index (χ4v) is 3.47. The summed E-state index contributed by atoms with van der Waals surface area (Å²) in [5, 5.41) is 14.1. The van der Waals surface area contributed by atoms with Gasteiger partial charge in [0.15, 0.2) is 5.78 Å². The molecule has 0 radical (unpaired) electrons. The molecule has 6 nitrogen and oxygen atoms in total. The molecule has 1 aromatic rings. The Bertz CT molecular complexity index is 792. The Morgan fingerprint density at radius 3 is 2.92 bits per heavy atom. The molecule has 1 aromatic heterocycles. The molecular weight excluding hydrogens is 304 g/mol. The maximum Gasteiger partial charge on any atom is 0.205 e. The molecule has 0 spiro atoms. The number of aryl methyl sites for hydroxylation is 1. The molecule has 3 rings (SSSR count). The maximum atomic E-state index is 12.8. The average molecular weight is 326 g/mol. The molecule has 0 aromatic carbocycles. The summed E-state index contributed by atoms with van der Waals surface area (Å²) in [6.45, 7) is 6.92. The number of carbonyl (C=O) groups is 1. The van der Waals surface area contributed by atoms with Crippen LogP contribution in [0, 0.1) is 16.7 Å². The van der Waals surface area contributed by atoms with Crippen LogP contribution in [0.1, 0.15) is 51.6 Å². The summed E-state index contributed by atoms with van der Waals surface area (Å²) < 4.78 is 7.49. The molecule has 2 aliphatic rings. The molecule has 0 amide bonds. The SMILES string of the molecule is CCCn1ccc([C@@H]2C(C#N)=C(N)OC3=C2C(=O)CC(C)(C)C3)n1. The van der Waals surface area contributed by atoms with Crippen LogP contribution in [0.15, 0.2) is 35.1 Å². The first-order valence-electron chi connectivity index (χ1n) is 8.23. The Kier molecular flexibility index (Phi) is 3.96. The minimum atomic E-state index is -0.527. The zero-order valence-electron chi connectivity index (χ0n) is 14.3. The summed E-state index contributed by atoms with van der Waals surface area (Å²) in [7, 11) is 0. The predicted molar refractivity (Wildman–Crippen MR) is 88.2 cm³/mol. The molecule has 1 atom stereocenters. The number of ether oxygens (including phenoxy) is 1. The summed E-state index contributed by atoms with van der Waals surface area (Å²) in [4.78, 5) is 12.8. The summed E-state index contributed by atoms with van der Waals surface area (Å²) in [5.41, 5.74) is 7.29. The van der Waals surface area contributed by atoms with Crippen LogP contribution >= 0.6 is 0 Å². The first-order chi connectivity index (χ1) is 11.4. The van der Waals surface area contributed by atoms with E-state index in [4.69, 9.17) is 10.5 Å². The molecule has 0 fully saturated rings. The topological polar surface area (TPSA) is 93.9 Å². The Labute approximate surface area is 141 Å². The monoisotopic (exact) mass is 326 g/mol. The van der Waals surface area contributed by atoms with Gasteiger partial charge in [-0.15, -0.1) is 0 Å². The number of rotatable bonds is 3. The molecule has 0 saturated carbocycles. The fraction of sp³-hybridized carbons (Fsp3) is 0.500. The number of nitrogens with two attached hydrogens (primary N) is 1. The van der Waals surface area contributed by atoms with E-state index in [1.807, 2.05) is 30.8 Å². The highest BCUT2D eigenvalue weighted by molar-refractivity contribution is 5.99. The van der Waals surface area contributed by atoms with E-state index in [-0.39, 0.29) is 22.7 Å². The third-order valence-corrected chi connectivity index (χ3v) is 4.49. The molecule has 1 aliphatic heterocycles. The van der Waals surface area contributed by atoms with Crippen LogP contribution in [-0.4, -0.2) is 15.6 Å². The largest absolute Gasteiger partial charge is 0.444 e. The van der Waals surface area contributed by atoms with Gasteiger partial charge in [-0.2, -0.15) is 10.4 Å². The zero-order chi connectivity index (χ0) is 17.5. The van der Waals surface area contributed by atoms with Gasteiger partial charge >= 0.3 is 0 Å². The average Bonchev–Trinajstić information content (AvgIpc) is 2.93. The quantitative estimate of drug-likeness (QED) is 0.921. The summed E-state index contributed by atoms with van der Waals surface area (Å²) in [6, 6.07) is 3.97. The number of hydrogen-bond acceptors (Lipinski definition) is 5. The second-order valence-corrected chi connectivity index (χ2v) is 7.21. The minimum Gasteiger partial charge on any atom is -0.444 e.